The smallest absolute Gasteiger partial charge is 0.228 e. The third-order valence-electron chi connectivity index (χ3n) is 5.78. The first-order chi connectivity index (χ1) is 16.0. The zero-order valence-electron chi connectivity index (χ0n) is 19.7. The number of hydrogen-bond donors (Lipinski definition) is 0. The van der Waals surface area contributed by atoms with E-state index in [1.165, 1.54) is 11.8 Å². The van der Waals surface area contributed by atoms with Gasteiger partial charge in [0.2, 0.25) is 5.95 Å². The molecule has 0 spiro atoms. The van der Waals surface area contributed by atoms with Crippen LogP contribution in [-0.4, -0.2) is 63.8 Å². The second-order valence-corrected chi connectivity index (χ2v) is 8.83. The largest absolute Gasteiger partial charge is 0.494 e. The van der Waals surface area contributed by atoms with E-state index in [1.807, 2.05) is 51.1 Å². The number of nitrogens with zero attached hydrogens (tertiary/aromatic N) is 5. The Morgan fingerprint density at radius 2 is 1.85 bits per heavy atom. The van der Waals surface area contributed by atoms with Gasteiger partial charge in [-0.3, -0.25) is 9.36 Å². The highest BCUT2D eigenvalue weighted by atomic mass is 32.2. The van der Waals surface area contributed by atoms with Crippen molar-refractivity contribution in [3.05, 3.63) is 47.3 Å². The van der Waals surface area contributed by atoms with Gasteiger partial charge in [0, 0.05) is 42.3 Å². The highest BCUT2D eigenvalue weighted by Gasteiger charge is 2.22. The van der Waals surface area contributed by atoms with Crippen molar-refractivity contribution in [2.45, 2.75) is 39.4 Å². The molecule has 8 nitrogen and oxygen atoms in total. The molecule has 1 aromatic carbocycles. The molecule has 1 aliphatic heterocycles. The zero-order chi connectivity index (χ0) is 23.4. The number of hydrogen-bond acceptors (Lipinski definition) is 7. The normalized spacial score (nSPS) is 14.0. The minimum absolute atomic E-state index is 0.0869. The molecule has 0 atom stereocenters. The molecule has 0 aliphatic carbocycles. The van der Waals surface area contributed by atoms with Gasteiger partial charge >= 0.3 is 0 Å². The first-order valence-electron chi connectivity index (χ1n) is 11.4. The quantitative estimate of drug-likeness (QED) is 0.347. The van der Waals surface area contributed by atoms with Crippen molar-refractivity contribution >= 4 is 23.5 Å². The maximum absolute atomic E-state index is 13.1. The third-order valence-corrected chi connectivity index (χ3v) is 6.74. The Bertz CT molecular complexity index is 1100. The van der Waals surface area contributed by atoms with Crippen molar-refractivity contribution in [1.82, 2.24) is 19.3 Å². The molecule has 3 aromatic rings. The molecule has 0 amide bonds. The highest BCUT2D eigenvalue weighted by Crippen LogP contribution is 2.27. The number of rotatable bonds is 9. The van der Waals surface area contributed by atoms with Crippen LogP contribution in [0.5, 0.6) is 5.75 Å². The number of aryl methyl sites for hydroxylation is 1. The van der Waals surface area contributed by atoms with Crippen LogP contribution in [0.1, 0.15) is 35.6 Å². The summed E-state index contributed by atoms with van der Waals surface area (Å²) in [5.74, 6) is 2.09. The minimum atomic E-state index is 0.0869. The van der Waals surface area contributed by atoms with Gasteiger partial charge in [-0.1, -0.05) is 11.8 Å². The summed E-state index contributed by atoms with van der Waals surface area (Å²) in [5, 5.41) is 9.53. The number of morpholine rings is 1. The Kier molecular flexibility index (Phi) is 7.39. The summed E-state index contributed by atoms with van der Waals surface area (Å²) in [6.07, 6.45) is 0. The van der Waals surface area contributed by atoms with E-state index in [0.717, 1.165) is 59.1 Å². The molecule has 0 radical (unpaired) electrons. The predicted molar refractivity (Wildman–Crippen MR) is 130 cm³/mol. The number of aromatic nitrogens is 4. The summed E-state index contributed by atoms with van der Waals surface area (Å²) in [4.78, 5) is 15.3. The Hall–Kier alpha value is -2.78. The van der Waals surface area contributed by atoms with Gasteiger partial charge in [0.15, 0.2) is 10.9 Å². The van der Waals surface area contributed by atoms with Crippen LogP contribution in [0.25, 0.3) is 5.69 Å². The van der Waals surface area contributed by atoms with Gasteiger partial charge in [0.1, 0.15) is 5.75 Å². The van der Waals surface area contributed by atoms with Crippen molar-refractivity contribution in [1.29, 1.82) is 0 Å². The summed E-state index contributed by atoms with van der Waals surface area (Å²) in [7, 11) is 0. The van der Waals surface area contributed by atoms with Gasteiger partial charge in [-0.05, 0) is 58.0 Å². The van der Waals surface area contributed by atoms with E-state index in [1.54, 1.807) is 0 Å². The predicted octanol–water partition coefficient (Wildman–Crippen LogP) is 3.92. The molecule has 1 aliphatic rings. The molecule has 4 rings (SSSR count). The molecule has 0 N–H and O–H groups in total. The van der Waals surface area contributed by atoms with Gasteiger partial charge in [-0.15, -0.1) is 10.2 Å². The highest BCUT2D eigenvalue weighted by molar-refractivity contribution is 7.99. The molecule has 1 saturated heterocycles. The summed E-state index contributed by atoms with van der Waals surface area (Å²) in [5.41, 5.74) is 3.72. The van der Waals surface area contributed by atoms with Crippen molar-refractivity contribution in [3.8, 4) is 11.4 Å². The first kappa shape index (κ1) is 23.4. The Morgan fingerprint density at radius 3 is 2.52 bits per heavy atom. The summed E-state index contributed by atoms with van der Waals surface area (Å²) >= 11 is 1.44. The first-order valence-corrected chi connectivity index (χ1v) is 12.4. The lowest BCUT2D eigenvalue weighted by atomic mass is 10.2. The van der Waals surface area contributed by atoms with Crippen molar-refractivity contribution in [2.24, 2.45) is 0 Å². The number of benzene rings is 1. The summed E-state index contributed by atoms with van der Waals surface area (Å²) in [6, 6.07) is 9.92. The molecule has 0 saturated carbocycles. The fourth-order valence-corrected chi connectivity index (χ4v) is 5.05. The van der Waals surface area contributed by atoms with E-state index < -0.39 is 0 Å². The molecule has 0 bridgehead atoms. The fourth-order valence-electron chi connectivity index (χ4n) is 4.17. The van der Waals surface area contributed by atoms with Gasteiger partial charge in [-0.25, -0.2) is 0 Å². The molecule has 3 heterocycles. The van der Waals surface area contributed by atoms with E-state index >= 15 is 0 Å². The second-order valence-electron chi connectivity index (χ2n) is 7.89. The van der Waals surface area contributed by atoms with Crippen LogP contribution in [-0.2, 0) is 11.3 Å². The lowest BCUT2D eigenvalue weighted by Gasteiger charge is -2.27. The molecule has 176 valence electrons. The second kappa shape index (κ2) is 10.4. The number of thioether (sulfide) groups is 1. The number of ether oxygens (including phenoxy) is 2. The molecule has 0 unspecified atom stereocenters. The van der Waals surface area contributed by atoms with Crippen LogP contribution in [0.2, 0.25) is 0 Å². The van der Waals surface area contributed by atoms with Gasteiger partial charge in [0.25, 0.3) is 0 Å². The molecular formula is C24H31N5O3S. The van der Waals surface area contributed by atoms with Gasteiger partial charge < -0.3 is 18.9 Å². The Balaban J connectivity index is 1.48. The molecule has 2 aromatic heterocycles. The van der Waals surface area contributed by atoms with Crippen LogP contribution in [0.4, 0.5) is 5.95 Å². The van der Waals surface area contributed by atoms with Crippen LogP contribution in [0.15, 0.2) is 35.5 Å². The van der Waals surface area contributed by atoms with Gasteiger partial charge in [0.05, 0.1) is 25.6 Å². The number of ketones is 1. The monoisotopic (exact) mass is 469 g/mol. The van der Waals surface area contributed by atoms with Gasteiger partial charge in [-0.2, -0.15) is 0 Å². The fraction of sp³-hybridized carbons (Fsp3) is 0.458. The number of anilines is 1. The topological polar surface area (TPSA) is 74.4 Å². The number of carbonyl (C=O) groups is 1. The lowest BCUT2D eigenvalue weighted by Crippen LogP contribution is -2.38. The van der Waals surface area contributed by atoms with Crippen LogP contribution in [0.3, 0.4) is 0 Å². The van der Waals surface area contributed by atoms with E-state index in [0.29, 0.717) is 25.6 Å². The van der Waals surface area contributed by atoms with Crippen LogP contribution < -0.4 is 9.64 Å². The van der Waals surface area contributed by atoms with E-state index in [-0.39, 0.29) is 5.78 Å². The molecule has 9 heteroatoms. The maximum atomic E-state index is 13.1. The van der Waals surface area contributed by atoms with E-state index in [4.69, 9.17) is 9.47 Å². The zero-order valence-corrected chi connectivity index (χ0v) is 20.5. The Morgan fingerprint density at radius 1 is 1.12 bits per heavy atom. The Labute approximate surface area is 198 Å². The van der Waals surface area contributed by atoms with E-state index in [2.05, 4.69) is 31.2 Å². The van der Waals surface area contributed by atoms with Crippen LogP contribution >= 0.6 is 11.8 Å². The summed E-state index contributed by atoms with van der Waals surface area (Å²) < 4.78 is 15.2. The van der Waals surface area contributed by atoms with Crippen LogP contribution in [0, 0.1) is 13.8 Å². The van der Waals surface area contributed by atoms with Crippen molar-refractivity contribution in [3.63, 3.8) is 0 Å². The lowest BCUT2D eigenvalue weighted by molar-refractivity contribution is 0.102. The number of Topliss-reactive ketones (excluding diaryl/α,β-unsaturated/α-hetero) is 1. The average molecular weight is 470 g/mol. The summed E-state index contributed by atoms with van der Waals surface area (Å²) in [6.45, 7) is 12.4. The minimum Gasteiger partial charge on any atom is -0.494 e. The van der Waals surface area contributed by atoms with Crippen molar-refractivity contribution < 1.29 is 14.3 Å². The molecule has 1 fully saturated rings. The SMILES string of the molecule is CCOc1ccc(-n2c(C)cc(C(=O)CSc3nnc(N4CCOCC4)n3CC)c2C)cc1. The maximum Gasteiger partial charge on any atom is 0.228 e. The average Bonchev–Trinajstić information content (AvgIpc) is 3.38. The molecular weight excluding hydrogens is 438 g/mol. The standard InChI is InChI=1S/C24H31N5O3S/c1-5-28-23(27-11-13-31-14-12-27)25-26-24(28)33-16-22(30)21-15-17(3)29(18(21)4)19-7-9-20(10-8-19)32-6-2/h7-10,15H,5-6,11-14,16H2,1-4H3. The van der Waals surface area contributed by atoms with E-state index in [9.17, 15) is 4.79 Å². The molecule has 33 heavy (non-hydrogen) atoms. The third kappa shape index (κ3) is 4.94. The number of carbonyl (C=O) groups excluding carboxylic acids is 1. The van der Waals surface area contributed by atoms with Crippen molar-refractivity contribution in [2.75, 3.05) is 43.6 Å².